The number of fused-ring (bicyclic) bond motifs is 1. The van der Waals surface area contributed by atoms with E-state index < -0.39 is 0 Å². The van der Waals surface area contributed by atoms with Gasteiger partial charge in [0.2, 0.25) is 0 Å². The maximum atomic E-state index is 12.8. The number of hydrogen-bond donors (Lipinski definition) is 1. The van der Waals surface area contributed by atoms with Crippen LogP contribution in [0.5, 0.6) is 0 Å². The van der Waals surface area contributed by atoms with Gasteiger partial charge < -0.3 is 10.2 Å². The van der Waals surface area contributed by atoms with E-state index in [4.69, 9.17) is 11.6 Å². The molecule has 0 saturated heterocycles. The van der Waals surface area contributed by atoms with Crippen LogP contribution >= 0.6 is 11.6 Å². The van der Waals surface area contributed by atoms with Gasteiger partial charge in [0.05, 0.1) is 17.0 Å². The highest BCUT2D eigenvalue weighted by Crippen LogP contribution is 2.25. The number of carbonyl (C=O) groups excluding carboxylic acids is 1. The predicted octanol–water partition coefficient (Wildman–Crippen LogP) is 1.80. The Kier molecular flexibility index (Phi) is 4.21. The van der Waals surface area contributed by atoms with Crippen LogP contribution in [-0.2, 0) is 20.0 Å². The highest BCUT2D eigenvalue weighted by molar-refractivity contribution is 6.33. The van der Waals surface area contributed by atoms with Crippen LogP contribution in [0.4, 0.5) is 5.82 Å². The molecule has 0 aromatic carbocycles. The van der Waals surface area contributed by atoms with Crippen molar-refractivity contribution in [3.05, 3.63) is 33.7 Å². The topological polar surface area (TPSA) is 75.9 Å². The van der Waals surface area contributed by atoms with E-state index in [1.165, 1.54) is 4.68 Å². The molecule has 0 atom stereocenters. The number of anilines is 1. The minimum absolute atomic E-state index is 0.0898. The number of aryl methyl sites for hydroxylation is 2. The van der Waals surface area contributed by atoms with Crippen LogP contribution < -0.4 is 5.32 Å². The molecule has 3 heterocycles. The van der Waals surface area contributed by atoms with Crippen LogP contribution in [0, 0.1) is 6.92 Å². The third kappa shape index (κ3) is 2.88. The molecule has 0 aliphatic carbocycles. The number of rotatable bonds is 3. The second-order valence-electron chi connectivity index (χ2n) is 5.58. The lowest BCUT2D eigenvalue weighted by molar-refractivity contribution is 0.0732. The van der Waals surface area contributed by atoms with Crippen LogP contribution in [0.2, 0.25) is 5.15 Å². The van der Waals surface area contributed by atoms with E-state index in [1.807, 2.05) is 13.0 Å². The maximum absolute atomic E-state index is 12.8. The van der Waals surface area contributed by atoms with E-state index in [9.17, 15) is 4.79 Å². The summed E-state index contributed by atoms with van der Waals surface area (Å²) >= 11 is 6.22. The van der Waals surface area contributed by atoms with Crippen molar-refractivity contribution in [2.45, 2.75) is 26.8 Å². The van der Waals surface area contributed by atoms with Gasteiger partial charge in [0.25, 0.3) is 5.91 Å². The van der Waals surface area contributed by atoms with E-state index in [0.29, 0.717) is 35.9 Å². The second kappa shape index (κ2) is 6.16. The minimum Gasteiger partial charge on any atom is -0.369 e. The molecule has 0 bridgehead atoms. The van der Waals surface area contributed by atoms with E-state index in [2.05, 4.69) is 20.6 Å². The van der Waals surface area contributed by atoms with Crippen LogP contribution in [0.15, 0.2) is 6.07 Å². The molecule has 0 unspecified atom stereocenters. The first-order valence-corrected chi connectivity index (χ1v) is 7.96. The van der Waals surface area contributed by atoms with Gasteiger partial charge in [-0.2, -0.15) is 10.2 Å². The van der Waals surface area contributed by atoms with Crippen LogP contribution in [0.25, 0.3) is 0 Å². The Morgan fingerprint density at radius 1 is 1.43 bits per heavy atom. The molecule has 0 saturated carbocycles. The lowest BCUT2D eigenvalue weighted by atomic mass is 10.1. The Morgan fingerprint density at radius 2 is 2.22 bits per heavy atom. The zero-order valence-electron chi connectivity index (χ0n) is 13.4. The molecular formula is C15H19ClN6O. The van der Waals surface area contributed by atoms with Crippen LogP contribution in [0.3, 0.4) is 0 Å². The summed E-state index contributed by atoms with van der Waals surface area (Å²) in [5, 5.41) is 16.1. The quantitative estimate of drug-likeness (QED) is 0.926. The summed E-state index contributed by atoms with van der Waals surface area (Å²) in [6, 6.07) is 1.96. The zero-order valence-corrected chi connectivity index (χ0v) is 14.2. The highest BCUT2D eigenvalue weighted by Gasteiger charge is 2.27. The molecule has 3 rings (SSSR count). The maximum Gasteiger partial charge on any atom is 0.259 e. The largest absolute Gasteiger partial charge is 0.369 e. The van der Waals surface area contributed by atoms with Gasteiger partial charge in [0.1, 0.15) is 11.0 Å². The van der Waals surface area contributed by atoms with Crippen molar-refractivity contribution in [3.63, 3.8) is 0 Å². The normalized spacial score (nSPS) is 13.8. The van der Waals surface area contributed by atoms with Gasteiger partial charge >= 0.3 is 0 Å². The van der Waals surface area contributed by atoms with Crippen molar-refractivity contribution in [1.82, 2.24) is 24.9 Å². The smallest absolute Gasteiger partial charge is 0.259 e. The molecule has 2 aromatic heterocycles. The first-order chi connectivity index (χ1) is 11.0. The molecule has 1 aliphatic heterocycles. The SMILES string of the molecule is CCNc1cc2c(nn1)CCN(C(=O)c1c(C)nn(C)c1Cl)C2. The average Bonchev–Trinajstić information content (AvgIpc) is 2.79. The first-order valence-electron chi connectivity index (χ1n) is 7.59. The lowest BCUT2D eigenvalue weighted by Gasteiger charge is -2.28. The third-order valence-electron chi connectivity index (χ3n) is 3.95. The molecule has 8 heteroatoms. The van der Waals surface area contributed by atoms with Crippen LogP contribution in [-0.4, -0.2) is 43.9 Å². The Bertz CT molecular complexity index is 757. The molecule has 1 amide bonds. The summed E-state index contributed by atoms with van der Waals surface area (Å²) in [6.07, 6.45) is 0.692. The Hall–Kier alpha value is -2.15. The van der Waals surface area contributed by atoms with Crippen molar-refractivity contribution < 1.29 is 4.79 Å². The summed E-state index contributed by atoms with van der Waals surface area (Å²) in [7, 11) is 1.73. The molecule has 1 N–H and O–H groups in total. The lowest BCUT2D eigenvalue weighted by Crippen LogP contribution is -2.37. The Balaban J connectivity index is 1.86. The average molecular weight is 335 g/mol. The molecule has 0 fully saturated rings. The minimum atomic E-state index is -0.0898. The fourth-order valence-corrected chi connectivity index (χ4v) is 3.06. The summed E-state index contributed by atoms with van der Waals surface area (Å²) in [4.78, 5) is 14.6. The summed E-state index contributed by atoms with van der Waals surface area (Å²) in [5.74, 6) is 0.643. The monoisotopic (exact) mass is 334 g/mol. The predicted molar refractivity (Wildman–Crippen MR) is 87.6 cm³/mol. The first kappa shape index (κ1) is 15.7. The van der Waals surface area contributed by atoms with Gasteiger partial charge in [-0.1, -0.05) is 11.6 Å². The number of nitrogens with zero attached hydrogens (tertiary/aromatic N) is 5. The number of carbonyl (C=O) groups is 1. The molecular weight excluding hydrogens is 316 g/mol. The van der Waals surface area contributed by atoms with Crippen LogP contribution in [0.1, 0.15) is 34.2 Å². The van der Waals surface area contributed by atoms with Crippen molar-refractivity contribution in [1.29, 1.82) is 0 Å². The van der Waals surface area contributed by atoms with Crippen molar-refractivity contribution in [3.8, 4) is 0 Å². The van der Waals surface area contributed by atoms with Gasteiger partial charge in [-0.25, -0.2) is 0 Å². The Labute approximate surface area is 139 Å². The van der Waals surface area contributed by atoms with Gasteiger partial charge in [-0.05, 0) is 25.5 Å². The van der Waals surface area contributed by atoms with Gasteiger partial charge in [-0.15, -0.1) is 5.10 Å². The van der Waals surface area contributed by atoms with Gasteiger partial charge in [-0.3, -0.25) is 9.48 Å². The molecule has 23 heavy (non-hydrogen) atoms. The molecule has 0 radical (unpaired) electrons. The molecule has 0 spiro atoms. The van der Waals surface area contributed by atoms with E-state index in [-0.39, 0.29) is 5.91 Å². The van der Waals surface area contributed by atoms with Gasteiger partial charge in [0.15, 0.2) is 0 Å². The molecule has 122 valence electrons. The standard InChI is InChI=1S/C15H19ClN6O/c1-4-17-12-7-10-8-22(6-5-11(10)18-19-12)15(23)13-9(2)20-21(3)14(13)16/h7H,4-6,8H2,1-3H3,(H,17,19). The fourth-order valence-electron chi connectivity index (χ4n) is 2.80. The summed E-state index contributed by atoms with van der Waals surface area (Å²) < 4.78 is 1.52. The third-order valence-corrected chi connectivity index (χ3v) is 4.38. The summed E-state index contributed by atoms with van der Waals surface area (Å²) in [5.41, 5.74) is 3.10. The van der Waals surface area contributed by atoms with Gasteiger partial charge in [0, 0.05) is 33.1 Å². The summed E-state index contributed by atoms with van der Waals surface area (Å²) in [6.45, 7) is 5.69. The number of amides is 1. The van der Waals surface area contributed by atoms with Crippen molar-refractivity contribution in [2.75, 3.05) is 18.4 Å². The van der Waals surface area contributed by atoms with E-state index in [1.54, 1.807) is 18.9 Å². The second-order valence-corrected chi connectivity index (χ2v) is 5.94. The highest BCUT2D eigenvalue weighted by atomic mass is 35.5. The van der Waals surface area contributed by atoms with E-state index >= 15 is 0 Å². The number of hydrogen-bond acceptors (Lipinski definition) is 5. The number of halogens is 1. The molecule has 2 aromatic rings. The zero-order chi connectivity index (χ0) is 16.6. The van der Waals surface area contributed by atoms with E-state index in [0.717, 1.165) is 23.6 Å². The van der Waals surface area contributed by atoms with Crippen molar-refractivity contribution >= 4 is 23.3 Å². The number of nitrogens with one attached hydrogen (secondary N) is 1. The van der Waals surface area contributed by atoms with Crippen molar-refractivity contribution in [2.24, 2.45) is 7.05 Å². The molecule has 7 nitrogen and oxygen atoms in total. The number of aromatic nitrogens is 4. The Morgan fingerprint density at radius 3 is 2.87 bits per heavy atom. The molecule has 1 aliphatic rings. The fraction of sp³-hybridized carbons (Fsp3) is 0.467.